The van der Waals surface area contributed by atoms with Crippen LogP contribution in [0.3, 0.4) is 0 Å². The van der Waals surface area contributed by atoms with Crippen molar-refractivity contribution in [3.05, 3.63) is 101 Å². The number of amides is 2. The van der Waals surface area contributed by atoms with Crippen molar-refractivity contribution in [2.75, 3.05) is 10.2 Å². The molecule has 1 aliphatic heterocycles. The molecule has 0 spiro atoms. The van der Waals surface area contributed by atoms with Crippen LogP contribution in [-0.4, -0.2) is 11.8 Å². The van der Waals surface area contributed by atoms with Crippen LogP contribution in [0.2, 0.25) is 0 Å². The summed E-state index contributed by atoms with van der Waals surface area (Å²) in [6.07, 6.45) is 3.33. The average Bonchev–Trinajstić information content (AvgIpc) is 3.10. The quantitative estimate of drug-likeness (QED) is 0.569. The summed E-state index contributed by atoms with van der Waals surface area (Å²) in [6.45, 7) is 4.88. The van der Waals surface area contributed by atoms with Crippen LogP contribution in [0.15, 0.2) is 78.9 Å². The van der Waals surface area contributed by atoms with Gasteiger partial charge in [-0.1, -0.05) is 56.3 Å². The summed E-state index contributed by atoms with van der Waals surface area (Å²) < 4.78 is 0. The molecule has 1 heterocycles. The summed E-state index contributed by atoms with van der Waals surface area (Å²) in [5.41, 5.74) is 5.55. The van der Waals surface area contributed by atoms with Crippen molar-refractivity contribution in [1.82, 2.24) is 0 Å². The van der Waals surface area contributed by atoms with E-state index >= 15 is 0 Å². The minimum absolute atomic E-state index is 0.00815. The Morgan fingerprint density at radius 2 is 1.67 bits per heavy atom. The number of fused-ring (bicyclic) bond motifs is 1. The molecule has 0 aliphatic carbocycles. The molecule has 30 heavy (non-hydrogen) atoms. The highest BCUT2D eigenvalue weighted by molar-refractivity contribution is 6.10. The van der Waals surface area contributed by atoms with Gasteiger partial charge in [0.15, 0.2) is 0 Å². The lowest BCUT2D eigenvalue weighted by Gasteiger charge is -2.16. The van der Waals surface area contributed by atoms with Crippen molar-refractivity contribution in [3.63, 3.8) is 0 Å². The smallest absolute Gasteiger partial charge is 0.258 e. The van der Waals surface area contributed by atoms with E-state index in [0.717, 1.165) is 22.4 Å². The predicted octanol–water partition coefficient (Wildman–Crippen LogP) is 5.62. The van der Waals surface area contributed by atoms with Gasteiger partial charge >= 0.3 is 0 Å². The van der Waals surface area contributed by atoms with Gasteiger partial charge in [-0.2, -0.15) is 0 Å². The summed E-state index contributed by atoms with van der Waals surface area (Å²) in [7, 11) is 0. The maximum Gasteiger partial charge on any atom is 0.258 e. The monoisotopic (exact) mass is 396 g/mol. The second-order valence-corrected chi connectivity index (χ2v) is 7.74. The summed E-state index contributed by atoms with van der Waals surface area (Å²) >= 11 is 0. The highest BCUT2D eigenvalue weighted by Gasteiger charge is 2.27. The van der Waals surface area contributed by atoms with E-state index in [1.807, 2.05) is 60.7 Å². The molecule has 3 aromatic rings. The van der Waals surface area contributed by atoms with Gasteiger partial charge in [0.25, 0.3) is 5.91 Å². The minimum Gasteiger partial charge on any atom is -0.323 e. The Labute approximate surface area is 176 Å². The van der Waals surface area contributed by atoms with Crippen LogP contribution < -0.4 is 10.2 Å². The second kappa shape index (κ2) is 8.37. The molecule has 0 bridgehead atoms. The summed E-state index contributed by atoms with van der Waals surface area (Å²) in [5, 5.41) is 2.86. The molecule has 4 heteroatoms. The van der Waals surface area contributed by atoms with Gasteiger partial charge in [0, 0.05) is 23.0 Å². The van der Waals surface area contributed by atoms with Gasteiger partial charge in [0.1, 0.15) is 0 Å². The number of rotatable bonds is 5. The van der Waals surface area contributed by atoms with Crippen LogP contribution in [0.4, 0.5) is 11.4 Å². The van der Waals surface area contributed by atoms with E-state index in [4.69, 9.17) is 0 Å². The Balaban J connectivity index is 1.38. The molecule has 4 rings (SSSR count). The number of anilines is 2. The van der Waals surface area contributed by atoms with Gasteiger partial charge in [-0.25, -0.2) is 0 Å². The van der Waals surface area contributed by atoms with Gasteiger partial charge in [0.2, 0.25) is 5.91 Å². The Morgan fingerprint density at radius 1 is 0.967 bits per heavy atom. The summed E-state index contributed by atoms with van der Waals surface area (Å²) in [6, 6.07) is 23.2. The van der Waals surface area contributed by atoms with Crippen LogP contribution in [0, 0.1) is 0 Å². The Bertz CT molecular complexity index is 1100. The number of hydrogen-bond acceptors (Lipinski definition) is 2. The van der Waals surface area contributed by atoms with Crippen molar-refractivity contribution in [2.24, 2.45) is 0 Å². The van der Waals surface area contributed by atoms with Crippen molar-refractivity contribution < 1.29 is 9.59 Å². The number of hydrogen-bond donors (Lipinski definition) is 1. The van der Waals surface area contributed by atoms with Crippen LogP contribution in [0.5, 0.6) is 0 Å². The molecule has 2 amide bonds. The fraction of sp³-hybridized carbons (Fsp3) is 0.154. The van der Waals surface area contributed by atoms with E-state index in [1.54, 1.807) is 11.0 Å². The van der Waals surface area contributed by atoms with Gasteiger partial charge < -0.3 is 10.2 Å². The molecule has 0 radical (unpaired) electrons. The number of nitrogens with zero attached hydrogens (tertiary/aromatic N) is 1. The molecule has 1 aliphatic rings. The third-order valence-electron chi connectivity index (χ3n) is 5.30. The summed E-state index contributed by atoms with van der Waals surface area (Å²) in [4.78, 5) is 26.6. The molecule has 150 valence electrons. The lowest BCUT2D eigenvalue weighted by atomic mass is 10.0. The first-order valence-corrected chi connectivity index (χ1v) is 10.1. The fourth-order valence-electron chi connectivity index (χ4n) is 3.54. The third-order valence-corrected chi connectivity index (χ3v) is 5.30. The van der Waals surface area contributed by atoms with Crippen molar-refractivity contribution in [2.45, 2.75) is 26.3 Å². The number of carbonyl (C=O) groups is 2. The molecule has 1 N–H and O–H groups in total. The average molecular weight is 396 g/mol. The number of benzene rings is 3. The lowest BCUT2D eigenvalue weighted by Crippen LogP contribution is -2.22. The highest BCUT2D eigenvalue weighted by atomic mass is 16.2. The van der Waals surface area contributed by atoms with E-state index in [-0.39, 0.29) is 11.8 Å². The standard InChI is InChI=1S/C26H24N2O2/c1-18(2)20-10-7-19(8-11-20)9-16-25(29)27-22-12-14-23(15-13-22)28-17-21-5-3-4-6-24(21)26(28)30/h3-16,18H,17H2,1-2H3,(H,27,29)/b16-9+. The van der Waals surface area contributed by atoms with Crippen molar-refractivity contribution in [1.29, 1.82) is 0 Å². The topological polar surface area (TPSA) is 49.4 Å². The SMILES string of the molecule is CC(C)c1ccc(/C=C/C(=O)Nc2ccc(N3Cc4ccccc4C3=O)cc2)cc1. The van der Waals surface area contributed by atoms with Gasteiger partial charge in [-0.15, -0.1) is 0 Å². The van der Waals surface area contributed by atoms with Crippen molar-refractivity contribution >= 4 is 29.3 Å². The normalized spacial score (nSPS) is 13.2. The molecule has 0 aromatic heterocycles. The molecule has 0 saturated carbocycles. The third kappa shape index (κ3) is 4.18. The number of carbonyl (C=O) groups excluding carboxylic acids is 2. The first-order valence-electron chi connectivity index (χ1n) is 10.1. The van der Waals surface area contributed by atoms with Crippen molar-refractivity contribution in [3.8, 4) is 0 Å². The van der Waals surface area contributed by atoms with Crippen LogP contribution >= 0.6 is 0 Å². The second-order valence-electron chi connectivity index (χ2n) is 7.74. The summed E-state index contributed by atoms with van der Waals surface area (Å²) in [5.74, 6) is 0.300. The van der Waals surface area contributed by atoms with Crippen LogP contribution in [0.25, 0.3) is 6.08 Å². The van der Waals surface area contributed by atoms with Gasteiger partial charge in [-0.3, -0.25) is 9.59 Å². The molecule has 0 unspecified atom stereocenters. The van der Waals surface area contributed by atoms with E-state index in [1.165, 1.54) is 11.6 Å². The van der Waals surface area contributed by atoms with E-state index in [0.29, 0.717) is 18.2 Å². The Hall–Kier alpha value is -3.66. The van der Waals surface area contributed by atoms with E-state index < -0.39 is 0 Å². The fourth-order valence-corrected chi connectivity index (χ4v) is 3.54. The minimum atomic E-state index is -0.194. The Morgan fingerprint density at radius 3 is 2.33 bits per heavy atom. The van der Waals surface area contributed by atoms with Crippen LogP contribution in [0.1, 0.15) is 46.8 Å². The molecule has 3 aromatic carbocycles. The zero-order valence-electron chi connectivity index (χ0n) is 17.1. The predicted molar refractivity (Wildman–Crippen MR) is 122 cm³/mol. The molecular formula is C26H24N2O2. The Kier molecular flexibility index (Phi) is 5.48. The van der Waals surface area contributed by atoms with Gasteiger partial charge in [-0.05, 0) is 59.0 Å². The molecule has 0 fully saturated rings. The molecule has 0 saturated heterocycles. The van der Waals surface area contributed by atoms with Crippen LogP contribution in [-0.2, 0) is 11.3 Å². The van der Waals surface area contributed by atoms with E-state index in [2.05, 4.69) is 31.3 Å². The first kappa shape index (κ1) is 19.6. The first-order chi connectivity index (χ1) is 14.5. The zero-order chi connectivity index (χ0) is 21.1. The van der Waals surface area contributed by atoms with Gasteiger partial charge in [0.05, 0.1) is 6.54 Å². The number of nitrogens with one attached hydrogen (secondary N) is 1. The maximum atomic E-state index is 12.6. The maximum absolute atomic E-state index is 12.6. The molecular weight excluding hydrogens is 372 g/mol. The zero-order valence-corrected chi connectivity index (χ0v) is 17.1. The lowest BCUT2D eigenvalue weighted by molar-refractivity contribution is -0.111. The molecule has 0 atom stereocenters. The van der Waals surface area contributed by atoms with E-state index in [9.17, 15) is 9.59 Å². The highest BCUT2D eigenvalue weighted by Crippen LogP contribution is 2.28. The largest absolute Gasteiger partial charge is 0.323 e. The molecule has 4 nitrogen and oxygen atoms in total.